The van der Waals surface area contributed by atoms with E-state index in [2.05, 4.69) is 0 Å². The number of para-hydroxylation sites is 1. The van der Waals surface area contributed by atoms with Crippen LogP contribution in [0.4, 0.5) is 5.69 Å². The minimum absolute atomic E-state index is 0.0828. The molecular weight excluding hydrogens is 230 g/mol. The highest BCUT2D eigenvalue weighted by atomic mass is 16.8. The number of anilines is 1. The first-order valence-electron chi connectivity index (χ1n) is 5.51. The van der Waals surface area contributed by atoms with Gasteiger partial charge in [-0.3, -0.25) is 10.0 Å². The summed E-state index contributed by atoms with van der Waals surface area (Å²) >= 11 is 0. The minimum atomic E-state index is -0.215. The normalized spacial score (nSPS) is 10.1. The summed E-state index contributed by atoms with van der Waals surface area (Å²) in [6, 6.07) is 15.3. The molecule has 0 radical (unpaired) electrons. The number of hydrogen-bond acceptors (Lipinski definition) is 4. The molecule has 92 valence electrons. The summed E-state index contributed by atoms with van der Waals surface area (Å²) in [5.41, 5.74) is 1.19. The van der Waals surface area contributed by atoms with Gasteiger partial charge >= 0.3 is 0 Å². The number of carbonyl (C=O) groups excluding carboxylic acids is 1. The lowest BCUT2D eigenvalue weighted by atomic mass is 10.0. The molecule has 0 amide bonds. The average molecular weight is 242 g/mol. The molecule has 2 rings (SSSR count). The van der Waals surface area contributed by atoms with Crippen molar-refractivity contribution in [2.75, 3.05) is 5.23 Å². The maximum Gasteiger partial charge on any atom is 0.167 e. The first-order valence-corrected chi connectivity index (χ1v) is 5.51. The van der Waals surface area contributed by atoms with Crippen LogP contribution in [0.3, 0.4) is 0 Å². The molecule has 0 aliphatic heterocycles. The highest BCUT2D eigenvalue weighted by Crippen LogP contribution is 2.20. The molecule has 18 heavy (non-hydrogen) atoms. The Morgan fingerprint density at radius 3 is 2.33 bits per heavy atom. The molecule has 0 fully saturated rings. The molecule has 0 unspecified atom stereocenters. The van der Waals surface area contributed by atoms with Gasteiger partial charge in [-0.2, -0.15) is 0 Å². The van der Waals surface area contributed by atoms with Crippen molar-refractivity contribution in [2.24, 2.45) is 0 Å². The lowest BCUT2D eigenvalue weighted by molar-refractivity contribution is 0.0993. The van der Waals surface area contributed by atoms with Gasteiger partial charge in [0.15, 0.2) is 5.78 Å². The molecule has 1 N–H and O–H groups in total. The zero-order valence-corrected chi connectivity index (χ0v) is 9.61. The summed E-state index contributed by atoms with van der Waals surface area (Å²) in [5, 5.41) is 19.7. The lowest BCUT2D eigenvalue weighted by Crippen LogP contribution is -2.12. The summed E-state index contributed by atoms with van der Waals surface area (Å²) < 4.78 is 0. The average Bonchev–Trinajstić information content (AvgIpc) is 2.40. The van der Waals surface area contributed by atoms with Crippen molar-refractivity contribution in [2.45, 2.75) is 6.42 Å². The fourth-order valence-electron chi connectivity index (χ4n) is 1.75. The predicted octanol–water partition coefficient (Wildman–Crippen LogP) is 2.81. The standard InChI is InChI=1S/C14H12NO3/c16-14(11-6-2-1-3-7-11)10-12-8-4-5-9-13(12)15(17)18/h1-9,17H,10H2/q-1. The lowest BCUT2D eigenvalue weighted by Gasteiger charge is -2.24. The Bertz CT molecular complexity index is 538. The van der Waals surface area contributed by atoms with E-state index in [9.17, 15) is 10.0 Å². The van der Waals surface area contributed by atoms with E-state index in [0.29, 0.717) is 11.1 Å². The van der Waals surface area contributed by atoms with Crippen molar-refractivity contribution in [3.8, 4) is 0 Å². The van der Waals surface area contributed by atoms with Gasteiger partial charge in [0.05, 0.1) is 5.69 Å². The van der Waals surface area contributed by atoms with Gasteiger partial charge in [0.25, 0.3) is 0 Å². The SMILES string of the molecule is O=C(Cc1ccccc1N([O-])O)c1ccccc1. The molecule has 0 heterocycles. The van der Waals surface area contributed by atoms with Crippen LogP contribution >= 0.6 is 0 Å². The Hall–Kier alpha value is -2.17. The van der Waals surface area contributed by atoms with E-state index >= 15 is 0 Å². The van der Waals surface area contributed by atoms with E-state index in [4.69, 9.17) is 5.21 Å². The van der Waals surface area contributed by atoms with Crippen molar-refractivity contribution >= 4 is 11.5 Å². The van der Waals surface area contributed by atoms with E-state index < -0.39 is 0 Å². The second kappa shape index (κ2) is 5.44. The predicted molar refractivity (Wildman–Crippen MR) is 68.6 cm³/mol. The molecule has 4 nitrogen and oxygen atoms in total. The first-order chi connectivity index (χ1) is 8.68. The quantitative estimate of drug-likeness (QED) is 0.661. The van der Waals surface area contributed by atoms with Crippen molar-refractivity contribution in [3.63, 3.8) is 0 Å². The van der Waals surface area contributed by atoms with Crippen molar-refractivity contribution in [3.05, 3.63) is 70.9 Å². The largest absolute Gasteiger partial charge is 0.733 e. The van der Waals surface area contributed by atoms with E-state index in [1.54, 1.807) is 42.5 Å². The maximum atomic E-state index is 12.0. The van der Waals surface area contributed by atoms with Crippen LogP contribution in [0.15, 0.2) is 54.6 Å². The summed E-state index contributed by atoms with van der Waals surface area (Å²) in [4.78, 5) is 12.0. The Balaban J connectivity index is 2.22. The summed E-state index contributed by atoms with van der Waals surface area (Å²) in [5.74, 6) is -0.0927. The van der Waals surface area contributed by atoms with Gasteiger partial charge in [-0.15, -0.1) is 0 Å². The topological polar surface area (TPSA) is 63.6 Å². The molecule has 0 spiro atoms. The molecule has 0 atom stereocenters. The van der Waals surface area contributed by atoms with Gasteiger partial charge in [0.1, 0.15) is 0 Å². The Labute approximate surface area is 105 Å². The van der Waals surface area contributed by atoms with Crippen LogP contribution in [-0.2, 0) is 6.42 Å². The molecule has 0 bridgehead atoms. The Morgan fingerprint density at radius 1 is 1.06 bits per heavy atom. The molecule has 0 aromatic heterocycles. The van der Waals surface area contributed by atoms with Gasteiger partial charge in [0.2, 0.25) is 0 Å². The van der Waals surface area contributed by atoms with Crippen LogP contribution in [0.5, 0.6) is 0 Å². The van der Waals surface area contributed by atoms with Crippen LogP contribution in [0.2, 0.25) is 0 Å². The summed E-state index contributed by atoms with van der Waals surface area (Å²) in [6.07, 6.45) is 0.0828. The Morgan fingerprint density at radius 2 is 1.67 bits per heavy atom. The fourth-order valence-corrected chi connectivity index (χ4v) is 1.75. The Kier molecular flexibility index (Phi) is 3.72. The van der Waals surface area contributed by atoms with E-state index in [0.717, 1.165) is 0 Å². The van der Waals surface area contributed by atoms with Gasteiger partial charge in [-0.1, -0.05) is 48.5 Å². The van der Waals surface area contributed by atoms with Gasteiger partial charge in [-0.25, -0.2) is 0 Å². The van der Waals surface area contributed by atoms with E-state index in [1.165, 1.54) is 6.07 Å². The smallest absolute Gasteiger partial charge is 0.167 e. The molecular formula is C14H12NO3-. The van der Waals surface area contributed by atoms with Crippen LogP contribution < -0.4 is 5.23 Å². The third-order valence-electron chi connectivity index (χ3n) is 2.64. The van der Waals surface area contributed by atoms with E-state index in [1.807, 2.05) is 6.07 Å². The van der Waals surface area contributed by atoms with Gasteiger partial charge in [-0.05, 0) is 11.6 Å². The number of hydrogen-bond donors (Lipinski definition) is 1. The zero-order chi connectivity index (χ0) is 13.0. The number of carbonyl (C=O) groups is 1. The minimum Gasteiger partial charge on any atom is -0.733 e. The molecule has 4 heteroatoms. The number of nitrogens with zero attached hydrogens (tertiary/aromatic N) is 1. The number of Topliss-reactive ketones (excluding diaryl/α,β-unsaturated/α-hetero) is 1. The zero-order valence-electron chi connectivity index (χ0n) is 9.61. The number of rotatable bonds is 4. The third-order valence-corrected chi connectivity index (χ3v) is 2.64. The molecule has 0 saturated heterocycles. The second-order valence-electron chi connectivity index (χ2n) is 3.87. The summed E-state index contributed by atoms with van der Waals surface area (Å²) in [6.45, 7) is 0. The third kappa shape index (κ3) is 2.74. The molecule has 0 aliphatic carbocycles. The monoisotopic (exact) mass is 242 g/mol. The highest BCUT2D eigenvalue weighted by Gasteiger charge is 2.09. The molecule has 2 aromatic rings. The number of ketones is 1. The van der Waals surface area contributed by atoms with E-state index in [-0.39, 0.29) is 23.1 Å². The van der Waals surface area contributed by atoms with Crippen LogP contribution in [0.25, 0.3) is 0 Å². The number of benzene rings is 2. The first kappa shape index (κ1) is 12.3. The van der Waals surface area contributed by atoms with Crippen LogP contribution in [0, 0.1) is 5.21 Å². The van der Waals surface area contributed by atoms with Crippen LogP contribution in [-0.4, -0.2) is 11.0 Å². The molecule has 2 aromatic carbocycles. The van der Waals surface area contributed by atoms with Gasteiger partial charge in [0, 0.05) is 12.0 Å². The second-order valence-corrected chi connectivity index (χ2v) is 3.87. The summed E-state index contributed by atoms with van der Waals surface area (Å²) in [7, 11) is 0. The van der Waals surface area contributed by atoms with Crippen molar-refractivity contribution in [1.29, 1.82) is 0 Å². The fraction of sp³-hybridized carbons (Fsp3) is 0.0714. The molecule has 0 saturated carbocycles. The van der Waals surface area contributed by atoms with Crippen molar-refractivity contribution < 1.29 is 10.0 Å². The van der Waals surface area contributed by atoms with Crippen LogP contribution in [0.1, 0.15) is 15.9 Å². The molecule has 0 aliphatic rings. The van der Waals surface area contributed by atoms with Gasteiger partial charge < -0.3 is 10.4 Å². The highest BCUT2D eigenvalue weighted by molar-refractivity contribution is 5.98. The maximum absolute atomic E-state index is 12.0. The van der Waals surface area contributed by atoms with Crippen molar-refractivity contribution in [1.82, 2.24) is 0 Å².